The molecule has 2 atom stereocenters. The quantitative estimate of drug-likeness (QED) is 0.535. The Balaban J connectivity index is 1.75. The highest BCUT2D eigenvalue weighted by molar-refractivity contribution is 7.11. The van der Waals surface area contributed by atoms with Gasteiger partial charge in [0.15, 0.2) is 5.60 Å². The van der Waals surface area contributed by atoms with Crippen LogP contribution in [0.5, 0.6) is 0 Å². The van der Waals surface area contributed by atoms with Crippen LogP contribution in [-0.2, 0) is 11.2 Å². The summed E-state index contributed by atoms with van der Waals surface area (Å²) in [6.45, 7) is 11.6. The minimum Gasteiger partial charge on any atom is -0.380 e. The molecule has 4 rings (SSSR count). The van der Waals surface area contributed by atoms with Crippen LogP contribution in [0.3, 0.4) is 0 Å². The lowest BCUT2D eigenvalue weighted by Gasteiger charge is -2.55. The summed E-state index contributed by atoms with van der Waals surface area (Å²) in [6, 6.07) is 10.2. The third-order valence-corrected chi connectivity index (χ3v) is 7.94. The molecule has 1 aromatic carbocycles. The number of aromatic nitrogens is 2. The highest BCUT2D eigenvalue weighted by Gasteiger charge is 2.55. The average molecular weight is 476 g/mol. The number of hydrogen-bond donors (Lipinski definition) is 2. The van der Waals surface area contributed by atoms with E-state index >= 15 is 0 Å². The van der Waals surface area contributed by atoms with Gasteiger partial charge < -0.3 is 15.1 Å². The summed E-state index contributed by atoms with van der Waals surface area (Å²) < 4.78 is 0. The van der Waals surface area contributed by atoms with Gasteiger partial charge in [0.25, 0.3) is 0 Å². The van der Waals surface area contributed by atoms with Crippen LogP contribution < -0.4 is 0 Å². The molecular weight excluding hydrogens is 442 g/mol. The fourth-order valence-electron chi connectivity index (χ4n) is 4.89. The molecule has 0 amide bonds. The van der Waals surface area contributed by atoms with Crippen LogP contribution in [0, 0.1) is 24.2 Å². The van der Waals surface area contributed by atoms with Gasteiger partial charge in [0.1, 0.15) is 5.60 Å². The smallest absolute Gasteiger partial charge is 0.159 e. The van der Waals surface area contributed by atoms with Gasteiger partial charge in [-0.2, -0.15) is 0 Å². The second kappa shape index (κ2) is 8.90. The van der Waals surface area contributed by atoms with E-state index in [1.165, 1.54) is 16.9 Å². The molecule has 1 aliphatic rings. The van der Waals surface area contributed by atoms with E-state index in [0.29, 0.717) is 21.9 Å². The second-order valence-corrected chi connectivity index (χ2v) is 11.5. The topological polar surface area (TPSA) is 69.5 Å². The molecule has 0 saturated carbocycles. The Morgan fingerprint density at radius 3 is 2.32 bits per heavy atom. The fraction of sp³-hybridized carbons (Fsp3) is 0.429. The number of likely N-dealkylation sites (tertiary alicyclic amines) is 1. The highest BCUT2D eigenvalue weighted by atomic mass is 32.1. The molecule has 0 aliphatic carbocycles. The second-order valence-electron chi connectivity index (χ2n) is 10.2. The first-order chi connectivity index (χ1) is 15.9. The van der Waals surface area contributed by atoms with Crippen LogP contribution in [0.25, 0.3) is 0 Å². The molecule has 2 N–H and O–H groups in total. The van der Waals surface area contributed by atoms with E-state index in [1.807, 2.05) is 25.1 Å². The molecule has 1 aliphatic heterocycles. The largest absolute Gasteiger partial charge is 0.380 e. The van der Waals surface area contributed by atoms with E-state index in [9.17, 15) is 10.2 Å². The number of pyridine rings is 1. The van der Waals surface area contributed by atoms with Crippen molar-refractivity contribution in [2.45, 2.75) is 51.7 Å². The van der Waals surface area contributed by atoms with Crippen molar-refractivity contribution in [3.63, 3.8) is 0 Å². The minimum atomic E-state index is -1.31. The molecule has 2 unspecified atom stereocenters. The molecule has 34 heavy (non-hydrogen) atoms. The molecular formula is C28H33N3O2S. The predicted octanol–water partition coefficient (Wildman–Crippen LogP) is 4.42. The molecule has 1 saturated heterocycles. The van der Waals surface area contributed by atoms with Crippen LogP contribution in [0.15, 0.2) is 48.9 Å². The fourth-order valence-corrected chi connectivity index (χ4v) is 5.67. The number of benzene rings is 1. The summed E-state index contributed by atoms with van der Waals surface area (Å²) in [5.41, 5.74) is 0.533. The molecule has 6 heteroatoms. The standard InChI is InChI=1S/C28H33N3O2S/c1-19(2)22-7-9-23(10-8-22)28(33,26(4)17-31(6)18-26)24-13-21(14-29-15-24)11-12-27(5,32)25-16-30-20(3)34-25/h7-10,13-16,19,32-33H,17-18H2,1-6H3. The van der Waals surface area contributed by atoms with Crippen molar-refractivity contribution in [2.75, 3.05) is 20.1 Å². The van der Waals surface area contributed by atoms with Gasteiger partial charge in [-0.15, -0.1) is 11.3 Å². The van der Waals surface area contributed by atoms with E-state index in [1.54, 1.807) is 25.5 Å². The summed E-state index contributed by atoms with van der Waals surface area (Å²) in [6.07, 6.45) is 5.06. The number of rotatable bonds is 5. The van der Waals surface area contributed by atoms with E-state index in [0.717, 1.165) is 23.7 Å². The summed E-state index contributed by atoms with van der Waals surface area (Å²) in [5.74, 6) is 6.45. The van der Waals surface area contributed by atoms with Crippen LogP contribution in [0.2, 0.25) is 0 Å². The van der Waals surface area contributed by atoms with Crippen LogP contribution in [0.4, 0.5) is 0 Å². The van der Waals surface area contributed by atoms with Crippen molar-refractivity contribution in [3.8, 4) is 11.8 Å². The molecule has 3 aromatic rings. The van der Waals surface area contributed by atoms with E-state index in [4.69, 9.17) is 0 Å². The highest BCUT2D eigenvalue weighted by Crippen LogP contribution is 2.50. The Morgan fingerprint density at radius 2 is 1.76 bits per heavy atom. The minimum absolute atomic E-state index is 0.375. The Kier molecular flexibility index (Phi) is 6.43. The molecule has 1 fully saturated rings. The number of aliphatic hydroxyl groups is 2. The summed E-state index contributed by atoms with van der Waals surface area (Å²) >= 11 is 1.43. The molecule has 178 valence electrons. The molecule has 3 heterocycles. The maximum atomic E-state index is 12.3. The van der Waals surface area contributed by atoms with Gasteiger partial charge in [0.2, 0.25) is 0 Å². The molecule has 2 aromatic heterocycles. The zero-order chi connectivity index (χ0) is 24.7. The van der Waals surface area contributed by atoms with Crippen molar-refractivity contribution in [3.05, 3.63) is 81.1 Å². The molecule has 0 bridgehead atoms. The SMILES string of the molecule is Cc1ncc(C(C)(O)C#Cc2cncc(C(O)(c3ccc(C(C)C)cc3)C3(C)CN(C)C3)c2)s1. The van der Waals surface area contributed by atoms with Crippen molar-refractivity contribution < 1.29 is 10.2 Å². The van der Waals surface area contributed by atoms with Gasteiger partial charge in [0.05, 0.1) is 9.88 Å². The average Bonchev–Trinajstić information content (AvgIpc) is 3.24. The third kappa shape index (κ3) is 4.42. The van der Waals surface area contributed by atoms with Crippen molar-refractivity contribution in [1.82, 2.24) is 14.9 Å². The lowest BCUT2D eigenvalue weighted by molar-refractivity contribution is -0.127. The van der Waals surface area contributed by atoms with Gasteiger partial charge in [-0.05, 0) is 44.0 Å². The monoisotopic (exact) mass is 475 g/mol. The Morgan fingerprint density at radius 1 is 1.09 bits per heavy atom. The lowest BCUT2D eigenvalue weighted by atomic mass is 9.62. The summed E-state index contributed by atoms with van der Waals surface area (Å²) in [5, 5.41) is 24.1. The molecule has 0 spiro atoms. The third-order valence-electron chi connectivity index (χ3n) is 6.81. The number of nitrogens with zero attached hydrogens (tertiary/aromatic N) is 3. The van der Waals surface area contributed by atoms with E-state index < -0.39 is 11.2 Å². The van der Waals surface area contributed by atoms with Crippen molar-refractivity contribution in [1.29, 1.82) is 0 Å². The van der Waals surface area contributed by atoms with Crippen molar-refractivity contribution >= 4 is 11.3 Å². The van der Waals surface area contributed by atoms with Crippen LogP contribution in [-0.4, -0.2) is 45.2 Å². The maximum Gasteiger partial charge on any atom is 0.159 e. The number of aryl methyl sites for hydroxylation is 1. The van der Waals surface area contributed by atoms with Crippen LogP contribution >= 0.6 is 11.3 Å². The number of thiazole rings is 1. The van der Waals surface area contributed by atoms with E-state index in [-0.39, 0.29) is 5.41 Å². The van der Waals surface area contributed by atoms with Gasteiger partial charge in [-0.3, -0.25) is 4.98 Å². The normalized spacial score (nSPS) is 19.0. The predicted molar refractivity (Wildman–Crippen MR) is 137 cm³/mol. The van der Waals surface area contributed by atoms with Gasteiger partial charge in [-0.25, -0.2) is 4.98 Å². The zero-order valence-electron chi connectivity index (χ0n) is 20.8. The summed E-state index contributed by atoms with van der Waals surface area (Å²) in [4.78, 5) is 11.6. The summed E-state index contributed by atoms with van der Waals surface area (Å²) in [7, 11) is 2.06. The van der Waals surface area contributed by atoms with Crippen molar-refractivity contribution in [2.24, 2.45) is 5.41 Å². The van der Waals surface area contributed by atoms with Crippen LogP contribution in [0.1, 0.15) is 65.8 Å². The maximum absolute atomic E-state index is 12.3. The number of hydrogen-bond acceptors (Lipinski definition) is 6. The first-order valence-corrected chi connectivity index (χ1v) is 12.4. The zero-order valence-corrected chi connectivity index (χ0v) is 21.6. The first kappa shape index (κ1) is 24.6. The Labute approximate surface area is 206 Å². The lowest BCUT2D eigenvalue weighted by Crippen LogP contribution is -2.63. The Hall–Kier alpha value is -2.56. The molecule has 0 radical (unpaired) electrons. The van der Waals surface area contributed by atoms with Gasteiger partial charge >= 0.3 is 0 Å². The Bertz CT molecular complexity index is 1230. The molecule has 5 nitrogen and oxygen atoms in total. The van der Waals surface area contributed by atoms with Gasteiger partial charge in [-0.1, -0.05) is 56.9 Å². The first-order valence-electron chi connectivity index (χ1n) is 11.6. The van der Waals surface area contributed by atoms with Gasteiger partial charge in [0, 0.05) is 48.2 Å². The van der Waals surface area contributed by atoms with E-state index in [2.05, 4.69) is 66.7 Å².